The standard InChI is InChI=1S/C32H32F3N5O4/c33-32(34,35)12-14-40(44-19-20-1-9-26(36)10-2-20)31(43)25-15-24-8-7-23(16-28(24)38-29(37)17-25)21-3-5-22(6-4-21)30(42)39-13-11-27(41)18-39/h1-10,15-16,27,41H,11-14,17-19,36H2,(H2,37,38)/t27-/m1/s1. The number of nitrogens with two attached hydrogens (primary N) is 2. The number of β-amino-alcohol motifs (C(OH)–C–C–N with tert-alkyl or cyclic N) is 1. The molecular weight excluding hydrogens is 575 g/mol. The second-order valence-corrected chi connectivity index (χ2v) is 10.8. The third-order valence-corrected chi connectivity index (χ3v) is 7.38. The topological polar surface area (TPSA) is 134 Å². The van der Waals surface area contributed by atoms with Crippen LogP contribution in [0.2, 0.25) is 0 Å². The number of rotatable bonds is 8. The zero-order valence-corrected chi connectivity index (χ0v) is 23.8. The first-order valence-corrected chi connectivity index (χ1v) is 14.1. The van der Waals surface area contributed by atoms with Crippen molar-refractivity contribution in [3.63, 3.8) is 0 Å². The molecule has 0 radical (unpaired) electrons. The largest absolute Gasteiger partial charge is 0.399 e. The van der Waals surface area contributed by atoms with Crippen LogP contribution in [-0.4, -0.2) is 64.6 Å². The summed E-state index contributed by atoms with van der Waals surface area (Å²) in [5.41, 5.74) is 16.3. The highest BCUT2D eigenvalue weighted by Crippen LogP contribution is 2.33. The maximum Gasteiger partial charge on any atom is 0.390 e. The molecule has 1 atom stereocenters. The lowest BCUT2D eigenvalue weighted by Crippen LogP contribution is -2.36. The van der Waals surface area contributed by atoms with E-state index in [2.05, 4.69) is 4.99 Å². The van der Waals surface area contributed by atoms with Gasteiger partial charge in [0.1, 0.15) is 12.4 Å². The molecule has 1 saturated heterocycles. The Morgan fingerprint density at radius 2 is 1.73 bits per heavy atom. The van der Waals surface area contributed by atoms with Gasteiger partial charge in [0.2, 0.25) is 0 Å². The van der Waals surface area contributed by atoms with Crippen molar-refractivity contribution in [2.75, 3.05) is 25.4 Å². The number of carbonyl (C=O) groups excluding carboxylic acids is 2. The van der Waals surface area contributed by atoms with Crippen molar-refractivity contribution in [1.82, 2.24) is 9.96 Å². The Bertz CT molecular complexity index is 1590. The summed E-state index contributed by atoms with van der Waals surface area (Å²) in [4.78, 5) is 37.9. The summed E-state index contributed by atoms with van der Waals surface area (Å²) >= 11 is 0. The Morgan fingerprint density at radius 1 is 1.02 bits per heavy atom. The number of fused-ring (bicyclic) bond motifs is 1. The first kappa shape index (κ1) is 30.8. The zero-order valence-electron chi connectivity index (χ0n) is 23.8. The molecule has 3 aromatic rings. The van der Waals surface area contributed by atoms with Crippen molar-refractivity contribution in [3.05, 3.63) is 89.0 Å². The highest BCUT2D eigenvalue weighted by atomic mass is 19.4. The van der Waals surface area contributed by atoms with Crippen molar-refractivity contribution < 1.29 is 32.7 Å². The van der Waals surface area contributed by atoms with E-state index in [1.807, 2.05) is 18.2 Å². The molecule has 3 aromatic carbocycles. The van der Waals surface area contributed by atoms with Gasteiger partial charge in [0, 0.05) is 41.9 Å². The number of amidine groups is 1. The van der Waals surface area contributed by atoms with Crippen molar-refractivity contribution >= 4 is 35.1 Å². The summed E-state index contributed by atoms with van der Waals surface area (Å²) in [5, 5.41) is 10.5. The van der Waals surface area contributed by atoms with E-state index in [0.717, 1.165) is 11.1 Å². The average molecular weight is 608 g/mol. The number of aliphatic imine (C=N–C) groups is 1. The first-order valence-electron chi connectivity index (χ1n) is 14.1. The number of amides is 2. The molecular formula is C32H32F3N5O4. The number of nitrogen functional groups attached to an aromatic ring is 1. The van der Waals surface area contributed by atoms with Crippen molar-refractivity contribution in [3.8, 4) is 11.1 Å². The summed E-state index contributed by atoms with van der Waals surface area (Å²) in [6, 6.07) is 19.0. The second-order valence-electron chi connectivity index (χ2n) is 10.8. The molecule has 230 valence electrons. The van der Waals surface area contributed by atoms with E-state index in [1.54, 1.807) is 59.5 Å². The third-order valence-electron chi connectivity index (χ3n) is 7.38. The normalized spacial score (nSPS) is 16.5. The van der Waals surface area contributed by atoms with Crippen molar-refractivity contribution in [2.45, 2.75) is 38.1 Å². The quantitative estimate of drug-likeness (QED) is 0.248. The van der Waals surface area contributed by atoms with E-state index in [1.165, 1.54) is 0 Å². The Labute approximate surface area is 252 Å². The van der Waals surface area contributed by atoms with Gasteiger partial charge in [0.25, 0.3) is 11.8 Å². The lowest BCUT2D eigenvalue weighted by atomic mass is 10.00. The predicted octanol–water partition coefficient (Wildman–Crippen LogP) is 4.83. The minimum absolute atomic E-state index is 0.0847. The smallest absolute Gasteiger partial charge is 0.390 e. The van der Waals surface area contributed by atoms with Gasteiger partial charge in [-0.1, -0.05) is 36.4 Å². The lowest BCUT2D eigenvalue weighted by molar-refractivity contribution is -0.201. The maximum absolute atomic E-state index is 13.5. The number of halogens is 3. The summed E-state index contributed by atoms with van der Waals surface area (Å²) in [6.07, 6.45) is -4.20. The molecule has 0 aromatic heterocycles. The van der Waals surface area contributed by atoms with Crippen LogP contribution in [0, 0.1) is 0 Å². The van der Waals surface area contributed by atoms with Gasteiger partial charge in [0.05, 0.1) is 24.8 Å². The molecule has 5 rings (SSSR count). The fourth-order valence-corrected chi connectivity index (χ4v) is 5.00. The number of carbonyl (C=O) groups is 2. The summed E-state index contributed by atoms with van der Waals surface area (Å²) in [6.45, 7) is -0.00415. The predicted molar refractivity (Wildman–Crippen MR) is 160 cm³/mol. The molecule has 2 aliphatic heterocycles. The molecule has 2 amide bonds. The molecule has 5 N–H and O–H groups in total. The van der Waals surface area contributed by atoms with Gasteiger partial charge in [-0.3, -0.25) is 14.4 Å². The molecule has 2 aliphatic rings. The maximum atomic E-state index is 13.5. The van der Waals surface area contributed by atoms with Gasteiger partial charge in [-0.25, -0.2) is 10.1 Å². The van der Waals surface area contributed by atoms with Crippen LogP contribution in [0.5, 0.6) is 0 Å². The number of likely N-dealkylation sites (tertiary alicyclic amines) is 1. The average Bonchev–Trinajstić information content (AvgIpc) is 3.35. The van der Waals surface area contributed by atoms with Crippen LogP contribution in [0.4, 0.5) is 24.5 Å². The van der Waals surface area contributed by atoms with Gasteiger partial charge < -0.3 is 21.5 Å². The number of hydroxylamine groups is 2. The number of hydrogen-bond donors (Lipinski definition) is 3. The molecule has 0 bridgehead atoms. The van der Waals surface area contributed by atoms with Crippen LogP contribution in [0.25, 0.3) is 17.2 Å². The van der Waals surface area contributed by atoms with E-state index >= 15 is 0 Å². The van der Waals surface area contributed by atoms with Gasteiger partial charge in [-0.05, 0) is 59.5 Å². The van der Waals surface area contributed by atoms with Crippen molar-refractivity contribution in [1.29, 1.82) is 0 Å². The number of alkyl halides is 3. The summed E-state index contributed by atoms with van der Waals surface area (Å²) in [7, 11) is 0. The number of benzene rings is 3. The third kappa shape index (κ3) is 7.63. The Balaban J connectivity index is 1.35. The highest BCUT2D eigenvalue weighted by Gasteiger charge is 2.31. The summed E-state index contributed by atoms with van der Waals surface area (Å²) in [5.74, 6) is -0.773. The van der Waals surface area contributed by atoms with Gasteiger partial charge in [-0.2, -0.15) is 13.2 Å². The monoisotopic (exact) mass is 607 g/mol. The van der Waals surface area contributed by atoms with Gasteiger partial charge in [0.15, 0.2) is 0 Å². The van der Waals surface area contributed by atoms with E-state index in [4.69, 9.17) is 16.3 Å². The number of nitrogens with zero attached hydrogens (tertiary/aromatic N) is 3. The fourth-order valence-electron chi connectivity index (χ4n) is 5.00. The van der Waals surface area contributed by atoms with Crippen molar-refractivity contribution in [2.24, 2.45) is 10.7 Å². The van der Waals surface area contributed by atoms with Crippen LogP contribution in [-0.2, 0) is 16.2 Å². The summed E-state index contributed by atoms with van der Waals surface area (Å²) < 4.78 is 39.3. The molecule has 0 saturated carbocycles. The van der Waals surface area contributed by atoms with E-state index in [-0.39, 0.29) is 30.3 Å². The first-order chi connectivity index (χ1) is 20.9. The van der Waals surface area contributed by atoms with Crippen LogP contribution < -0.4 is 11.5 Å². The highest BCUT2D eigenvalue weighted by molar-refractivity contribution is 6.05. The molecule has 1 fully saturated rings. The van der Waals surface area contributed by atoms with E-state index in [9.17, 15) is 27.9 Å². The SMILES string of the molecule is NC1=Nc2cc(-c3ccc(C(=O)N4CC[C@@H](O)C4)cc3)ccc2C=C(C(=O)N(CCC(F)(F)F)OCc2ccc(N)cc2)C1. The minimum Gasteiger partial charge on any atom is -0.399 e. The molecule has 0 aliphatic carbocycles. The minimum atomic E-state index is -4.49. The van der Waals surface area contributed by atoms with Crippen LogP contribution in [0.3, 0.4) is 0 Å². The molecule has 2 heterocycles. The van der Waals surface area contributed by atoms with E-state index in [0.29, 0.717) is 52.6 Å². The van der Waals surface area contributed by atoms with Gasteiger partial charge >= 0.3 is 6.18 Å². The van der Waals surface area contributed by atoms with Crippen LogP contribution in [0.15, 0.2) is 77.3 Å². The molecule has 44 heavy (non-hydrogen) atoms. The second kappa shape index (κ2) is 12.9. The van der Waals surface area contributed by atoms with Crippen LogP contribution in [0.1, 0.15) is 40.7 Å². The van der Waals surface area contributed by atoms with Gasteiger partial charge in [-0.15, -0.1) is 0 Å². The number of hydrogen-bond acceptors (Lipinski definition) is 7. The number of aliphatic hydroxyl groups excluding tert-OH is 1. The Morgan fingerprint density at radius 3 is 2.39 bits per heavy atom. The molecule has 0 unspecified atom stereocenters. The van der Waals surface area contributed by atoms with Crippen LogP contribution >= 0.6 is 0 Å². The number of anilines is 1. The Kier molecular flexibility index (Phi) is 9.02. The molecule has 0 spiro atoms. The Hall–Kier alpha value is -4.68. The number of aliphatic hydroxyl groups is 1. The lowest BCUT2D eigenvalue weighted by Gasteiger charge is -2.24. The zero-order chi connectivity index (χ0) is 31.4. The van der Waals surface area contributed by atoms with E-state index < -0.39 is 31.2 Å². The molecule has 9 nitrogen and oxygen atoms in total. The fraction of sp³-hybridized carbons (Fsp3) is 0.281. The molecule has 12 heteroatoms.